The minimum absolute atomic E-state index is 0.0746. The lowest BCUT2D eigenvalue weighted by Crippen LogP contribution is -2.30. The van der Waals surface area contributed by atoms with Gasteiger partial charge in [-0.05, 0) is 49.6 Å². The molecule has 3 rings (SSSR count). The van der Waals surface area contributed by atoms with E-state index in [1.165, 1.54) is 19.1 Å². The molecule has 3 aromatic rings. The number of aromatic amines is 1. The number of H-pyrrole nitrogens is 1. The zero-order valence-electron chi connectivity index (χ0n) is 15.3. The van der Waals surface area contributed by atoms with Gasteiger partial charge in [0.2, 0.25) is 0 Å². The maximum absolute atomic E-state index is 13.1. The first-order chi connectivity index (χ1) is 13.4. The number of rotatable bonds is 7. The number of hydrogen-bond acceptors (Lipinski definition) is 3. The summed E-state index contributed by atoms with van der Waals surface area (Å²) < 4.78 is 18.2. The molecule has 0 radical (unpaired) electrons. The van der Waals surface area contributed by atoms with Crippen LogP contribution >= 0.6 is 11.6 Å². The molecule has 146 valence electrons. The van der Waals surface area contributed by atoms with Crippen LogP contribution in [0, 0.1) is 5.82 Å². The van der Waals surface area contributed by atoms with E-state index in [2.05, 4.69) is 10.3 Å². The van der Waals surface area contributed by atoms with Gasteiger partial charge in [-0.15, -0.1) is 0 Å². The first-order valence-electron chi connectivity index (χ1n) is 8.94. The molecule has 1 unspecified atom stereocenters. The van der Waals surface area contributed by atoms with E-state index in [9.17, 15) is 14.0 Å². The normalized spacial score (nSPS) is 12.0. The van der Waals surface area contributed by atoms with Gasteiger partial charge >= 0.3 is 5.97 Å². The fraction of sp³-hybridized carbons (Fsp3) is 0.238. The standard InChI is InChI=1S/C21H20ClFN2O3/c1-13(21(27)25-19-10-9-15(23)11-17(19)22)28-20(26)8-4-5-14-12-24-18-7-3-2-6-16(14)18/h2-3,6-7,9-13,24H,4-5,8H2,1H3,(H,25,27). The topological polar surface area (TPSA) is 71.2 Å². The summed E-state index contributed by atoms with van der Waals surface area (Å²) >= 11 is 5.88. The SMILES string of the molecule is CC(OC(=O)CCCc1c[nH]c2ccccc12)C(=O)Nc1ccc(F)cc1Cl. The number of nitrogens with one attached hydrogen (secondary N) is 2. The number of anilines is 1. The van der Waals surface area contributed by atoms with Crippen LogP contribution in [0.4, 0.5) is 10.1 Å². The smallest absolute Gasteiger partial charge is 0.306 e. The van der Waals surface area contributed by atoms with Gasteiger partial charge in [-0.2, -0.15) is 0 Å². The number of aromatic nitrogens is 1. The first kappa shape index (κ1) is 19.9. The van der Waals surface area contributed by atoms with Crippen molar-refractivity contribution < 1.29 is 18.7 Å². The van der Waals surface area contributed by atoms with Gasteiger partial charge in [0.25, 0.3) is 5.91 Å². The summed E-state index contributed by atoms with van der Waals surface area (Å²) in [5.41, 5.74) is 2.46. The Morgan fingerprint density at radius 1 is 1.25 bits per heavy atom. The quantitative estimate of drug-likeness (QED) is 0.555. The molecule has 0 fully saturated rings. The molecule has 1 aromatic heterocycles. The van der Waals surface area contributed by atoms with Crippen molar-refractivity contribution in [3.8, 4) is 0 Å². The number of hydrogen-bond donors (Lipinski definition) is 2. The maximum atomic E-state index is 13.1. The van der Waals surface area contributed by atoms with E-state index in [1.54, 1.807) is 0 Å². The van der Waals surface area contributed by atoms with Crippen molar-refractivity contribution in [3.05, 3.63) is 65.1 Å². The third kappa shape index (κ3) is 4.89. The molecule has 0 aliphatic carbocycles. The van der Waals surface area contributed by atoms with E-state index in [4.69, 9.17) is 16.3 Å². The number of halogens is 2. The second-order valence-corrected chi connectivity index (χ2v) is 6.87. The predicted octanol–water partition coefficient (Wildman–Crippen LogP) is 4.85. The van der Waals surface area contributed by atoms with Crippen LogP contribution in [0.1, 0.15) is 25.3 Å². The van der Waals surface area contributed by atoms with Gasteiger partial charge in [0.05, 0.1) is 10.7 Å². The molecule has 7 heteroatoms. The number of para-hydroxylation sites is 1. The molecule has 0 aliphatic rings. The zero-order valence-corrected chi connectivity index (χ0v) is 16.1. The Morgan fingerprint density at radius 2 is 2.04 bits per heavy atom. The molecule has 0 saturated carbocycles. The number of benzene rings is 2. The number of amides is 1. The van der Waals surface area contributed by atoms with Crippen LogP contribution in [0.25, 0.3) is 10.9 Å². The molecule has 0 aliphatic heterocycles. The van der Waals surface area contributed by atoms with E-state index >= 15 is 0 Å². The molecule has 0 bridgehead atoms. The van der Waals surface area contributed by atoms with Crippen molar-refractivity contribution in [1.82, 2.24) is 4.98 Å². The zero-order chi connectivity index (χ0) is 20.1. The third-order valence-corrected chi connectivity index (χ3v) is 4.68. The number of ether oxygens (including phenoxy) is 1. The molecule has 0 spiro atoms. The van der Waals surface area contributed by atoms with E-state index < -0.39 is 23.8 Å². The molecule has 2 aromatic carbocycles. The molecule has 1 amide bonds. The summed E-state index contributed by atoms with van der Waals surface area (Å²) in [5.74, 6) is -1.48. The van der Waals surface area contributed by atoms with Gasteiger partial charge in [-0.3, -0.25) is 9.59 Å². The highest BCUT2D eigenvalue weighted by Crippen LogP contribution is 2.23. The Bertz CT molecular complexity index is 1000. The summed E-state index contributed by atoms with van der Waals surface area (Å²) in [6, 6.07) is 11.6. The molecule has 2 N–H and O–H groups in total. The van der Waals surface area contributed by atoms with Crippen LogP contribution in [-0.2, 0) is 20.7 Å². The lowest BCUT2D eigenvalue weighted by atomic mass is 10.1. The average Bonchev–Trinajstić information content (AvgIpc) is 3.07. The van der Waals surface area contributed by atoms with Gasteiger partial charge in [-0.1, -0.05) is 29.8 Å². The van der Waals surface area contributed by atoms with E-state index in [1.807, 2.05) is 30.5 Å². The van der Waals surface area contributed by atoms with E-state index in [0.29, 0.717) is 6.42 Å². The number of fused-ring (bicyclic) bond motifs is 1. The lowest BCUT2D eigenvalue weighted by molar-refractivity contribution is -0.153. The van der Waals surface area contributed by atoms with Crippen LogP contribution < -0.4 is 5.32 Å². The van der Waals surface area contributed by atoms with Gasteiger partial charge in [0.1, 0.15) is 5.82 Å². The fourth-order valence-electron chi connectivity index (χ4n) is 2.90. The van der Waals surface area contributed by atoms with Gasteiger partial charge in [0, 0.05) is 23.5 Å². The van der Waals surface area contributed by atoms with Crippen molar-refractivity contribution in [1.29, 1.82) is 0 Å². The van der Waals surface area contributed by atoms with Crippen LogP contribution in [0.2, 0.25) is 5.02 Å². The molecule has 28 heavy (non-hydrogen) atoms. The van der Waals surface area contributed by atoms with Crippen LogP contribution in [-0.4, -0.2) is 23.0 Å². The number of carbonyl (C=O) groups excluding carboxylic acids is 2. The summed E-state index contributed by atoms with van der Waals surface area (Å²) in [7, 11) is 0. The lowest BCUT2D eigenvalue weighted by Gasteiger charge is -2.14. The van der Waals surface area contributed by atoms with Crippen LogP contribution in [0.3, 0.4) is 0 Å². The minimum atomic E-state index is -0.985. The Balaban J connectivity index is 1.46. The van der Waals surface area contributed by atoms with E-state index in [0.717, 1.165) is 29.0 Å². The highest BCUT2D eigenvalue weighted by molar-refractivity contribution is 6.33. The maximum Gasteiger partial charge on any atom is 0.306 e. The van der Waals surface area contributed by atoms with Crippen molar-refractivity contribution in [3.63, 3.8) is 0 Å². The Hall–Kier alpha value is -2.86. The Labute approximate surface area is 166 Å². The molecule has 1 atom stereocenters. The van der Waals surface area contributed by atoms with Crippen molar-refractivity contribution in [2.45, 2.75) is 32.3 Å². The second-order valence-electron chi connectivity index (χ2n) is 6.46. The molecule has 0 saturated heterocycles. The number of carbonyl (C=O) groups is 2. The highest BCUT2D eigenvalue weighted by Gasteiger charge is 2.19. The average molecular weight is 403 g/mol. The summed E-state index contributed by atoms with van der Waals surface area (Å²) in [6.07, 6.45) is 2.50. The third-order valence-electron chi connectivity index (χ3n) is 4.37. The highest BCUT2D eigenvalue weighted by atomic mass is 35.5. The molecule has 1 heterocycles. The molecular formula is C21H20ClFN2O3. The largest absolute Gasteiger partial charge is 0.453 e. The second kappa shape index (κ2) is 8.89. The van der Waals surface area contributed by atoms with Crippen LogP contribution in [0.5, 0.6) is 0 Å². The molecular weight excluding hydrogens is 383 g/mol. The number of esters is 1. The van der Waals surface area contributed by atoms with Gasteiger partial charge in [0.15, 0.2) is 6.10 Å². The van der Waals surface area contributed by atoms with E-state index in [-0.39, 0.29) is 17.1 Å². The summed E-state index contributed by atoms with van der Waals surface area (Å²) in [6.45, 7) is 1.48. The monoisotopic (exact) mass is 402 g/mol. The molecule has 5 nitrogen and oxygen atoms in total. The van der Waals surface area contributed by atoms with Crippen molar-refractivity contribution in [2.24, 2.45) is 0 Å². The van der Waals surface area contributed by atoms with Crippen LogP contribution in [0.15, 0.2) is 48.7 Å². The van der Waals surface area contributed by atoms with Crippen molar-refractivity contribution >= 4 is 40.1 Å². The Morgan fingerprint density at radius 3 is 2.82 bits per heavy atom. The fourth-order valence-corrected chi connectivity index (χ4v) is 3.11. The van der Waals surface area contributed by atoms with Gasteiger partial charge < -0.3 is 15.0 Å². The summed E-state index contributed by atoms with van der Waals surface area (Å²) in [4.78, 5) is 27.4. The van der Waals surface area contributed by atoms with Crippen molar-refractivity contribution in [2.75, 3.05) is 5.32 Å². The first-order valence-corrected chi connectivity index (χ1v) is 9.32. The number of aryl methyl sites for hydroxylation is 1. The minimum Gasteiger partial charge on any atom is -0.453 e. The Kier molecular flexibility index (Phi) is 6.31. The summed E-state index contributed by atoms with van der Waals surface area (Å²) in [5, 5.41) is 3.74. The predicted molar refractivity (Wildman–Crippen MR) is 107 cm³/mol. The van der Waals surface area contributed by atoms with Gasteiger partial charge in [-0.25, -0.2) is 4.39 Å².